The van der Waals surface area contributed by atoms with E-state index in [2.05, 4.69) is 0 Å². The van der Waals surface area contributed by atoms with Crippen LogP contribution in [0.15, 0.2) is 0 Å². The maximum Gasteiger partial charge on any atom is 0.410 e. The van der Waals surface area contributed by atoms with E-state index in [0.29, 0.717) is 19.4 Å². The van der Waals surface area contributed by atoms with Crippen molar-refractivity contribution in [2.45, 2.75) is 77.1 Å². The summed E-state index contributed by atoms with van der Waals surface area (Å²) in [7, 11) is 0. The van der Waals surface area contributed by atoms with E-state index in [4.69, 9.17) is 4.74 Å². The zero-order valence-corrected chi connectivity index (χ0v) is 13.6. The van der Waals surface area contributed by atoms with Gasteiger partial charge in [0.05, 0.1) is 5.92 Å². The number of halogens is 3. The number of ether oxygens (including phenoxy) is 1. The van der Waals surface area contributed by atoms with E-state index in [1.807, 2.05) is 20.8 Å². The number of alkyl halides is 3. The van der Waals surface area contributed by atoms with Crippen LogP contribution in [0.1, 0.15) is 59.3 Å². The monoisotopic (exact) mass is 321 g/mol. The molecule has 0 aromatic heterocycles. The molecule has 6 heteroatoms. The van der Waals surface area contributed by atoms with E-state index in [0.717, 1.165) is 12.8 Å². The van der Waals surface area contributed by atoms with E-state index >= 15 is 0 Å². The zero-order valence-electron chi connectivity index (χ0n) is 13.6. The maximum absolute atomic E-state index is 12.8. The molecule has 2 fully saturated rings. The molecule has 0 aromatic carbocycles. The Kier molecular flexibility index (Phi) is 4.97. The second kappa shape index (κ2) is 6.28. The summed E-state index contributed by atoms with van der Waals surface area (Å²) in [6.07, 6.45) is -1.15. The summed E-state index contributed by atoms with van der Waals surface area (Å²) < 4.78 is 43.7. The first-order chi connectivity index (χ1) is 10.1. The van der Waals surface area contributed by atoms with Crippen molar-refractivity contribution in [2.24, 2.45) is 11.8 Å². The maximum atomic E-state index is 12.8. The van der Waals surface area contributed by atoms with Crippen LogP contribution in [0.3, 0.4) is 0 Å². The number of amides is 1. The Morgan fingerprint density at radius 1 is 1.05 bits per heavy atom. The van der Waals surface area contributed by atoms with Crippen molar-refractivity contribution in [3.8, 4) is 0 Å². The van der Waals surface area contributed by atoms with E-state index in [1.165, 1.54) is 0 Å². The minimum absolute atomic E-state index is 0.0454. The topological polar surface area (TPSA) is 29.5 Å². The minimum atomic E-state index is -4.08. The second-order valence-electron chi connectivity index (χ2n) is 7.54. The predicted octanol–water partition coefficient (Wildman–Crippen LogP) is 4.75. The lowest BCUT2D eigenvalue weighted by Crippen LogP contribution is -2.44. The molecule has 1 atom stereocenters. The molecule has 0 aromatic rings. The Labute approximate surface area is 130 Å². The first kappa shape index (κ1) is 17.4. The van der Waals surface area contributed by atoms with Crippen molar-refractivity contribution in [3.05, 3.63) is 0 Å². The molecule has 1 amide bonds. The predicted molar refractivity (Wildman–Crippen MR) is 77.5 cm³/mol. The lowest BCUT2D eigenvalue weighted by Gasteiger charge is -2.37. The van der Waals surface area contributed by atoms with Crippen LogP contribution in [0, 0.1) is 11.8 Å². The Bertz CT molecular complexity index is 395. The molecule has 0 radical (unpaired) electrons. The Hall–Kier alpha value is -0.940. The molecule has 0 bridgehead atoms. The normalized spacial score (nSPS) is 30.5. The average molecular weight is 321 g/mol. The Balaban J connectivity index is 1.93. The van der Waals surface area contributed by atoms with Gasteiger partial charge in [0.25, 0.3) is 0 Å². The summed E-state index contributed by atoms with van der Waals surface area (Å²) in [6, 6.07) is 0.0454. The van der Waals surface area contributed by atoms with Crippen molar-refractivity contribution in [1.82, 2.24) is 4.90 Å². The molecule has 1 saturated carbocycles. The highest BCUT2D eigenvalue weighted by Gasteiger charge is 2.44. The smallest absolute Gasteiger partial charge is 0.410 e. The van der Waals surface area contributed by atoms with Gasteiger partial charge in [-0.25, -0.2) is 4.79 Å². The van der Waals surface area contributed by atoms with Crippen molar-refractivity contribution in [2.75, 3.05) is 6.54 Å². The molecular weight excluding hydrogens is 295 g/mol. The molecule has 1 aliphatic carbocycles. The van der Waals surface area contributed by atoms with Crippen LogP contribution in [0.25, 0.3) is 0 Å². The minimum Gasteiger partial charge on any atom is -0.444 e. The number of carbonyl (C=O) groups excluding carboxylic acids is 1. The van der Waals surface area contributed by atoms with Gasteiger partial charge >= 0.3 is 12.3 Å². The third-order valence-electron chi connectivity index (χ3n) is 4.71. The lowest BCUT2D eigenvalue weighted by atomic mass is 9.77. The van der Waals surface area contributed by atoms with E-state index in [-0.39, 0.29) is 30.9 Å². The molecule has 22 heavy (non-hydrogen) atoms. The molecule has 0 spiro atoms. The number of hydrogen-bond donors (Lipinski definition) is 0. The van der Waals surface area contributed by atoms with Crippen LogP contribution in [0.5, 0.6) is 0 Å². The van der Waals surface area contributed by atoms with Crippen LogP contribution < -0.4 is 0 Å². The zero-order chi connectivity index (χ0) is 16.5. The summed E-state index contributed by atoms with van der Waals surface area (Å²) in [4.78, 5) is 14.0. The standard InChI is InChI=1S/C16H26F3NO2/c1-15(2,3)22-14(21)20-10-4-5-13(20)11-6-8-12(9-7-11)16(17,18)19/h11-13H,4-10H2,1-3H3/t11?,12?,13-/m0/s1. The molecule has 0 N–H and O–H groups in total. The van der Waals surface area contributed by atoms with E-state index in [1.54, 1.807) is 4.90 Å². The van der Waals surface area contributed by atoms with Gasteiger partial charge in [-0.1, -0.05) is 0 Å². The highest BCUT2D eigenvalue weighted by molar-refractivity contribution is 5.69. The van der Waals surface area contributed by atoms with Crippen molar-refractivity contribution >= 4 is 6.09 Å². The molecule has 2 rings (SSSR count). The summed E-state index contributed by atoms with van der Waals surface area (Å²) in [5, 5.41) is 0. The molecule has 3 nitrogen and oxygen atoms in total. The number of rotatable bonds is 1. The summed E-state index contributed by atoms with van der Waals surface area (Å²) >= 11 is 0. The molecular formula is C16H26F3NO2. The van der Waals surface area contributed by atoms with Gasteiger partial charge in [0, 0.05) is 12.6 Å². The largest absolute Gasteiger partial charge is 0.444 e. The van der Waals surface area contributed by atoms with Gasteiger partial charge in [-0.2, -0.15) is 13.2 Å². The molecule has 128 valence electrons. The fraction of sp³-hybridized carbons (Fsp3) is 0.938. The molecule has 1 heterocycles. The first-order valence-electron chi connectivity index (χ1n) is 8.14. The van der Waals surface area contributed by atoms with Gasteiger partial charge in [-0.3, -0.25) is 0 Å². The number of hydrogen-bond acceptors (Lipinski definition) is 2. The van der Waals surface area contributed by atoms with Crippen LogP contribution >= 0.6 is 0 Å². The molecule has 0 unspecified atom stereocenters. The first-order valence-corrected chi connectivity index (χ1v) is 8.14. The van der Waals surface area contributed by atoms with Crippen molar-refractivity contribution in [3.63, 3.8) is 0 Å². The summed E-state index contributed by atoms with van der Waals surface area (Å²) in [6.45, 7) is 6.12. The fourth-order valence-corrected chi connectivity index (χ4v) is 3.66. The average Bonchev–Trinajstić information content (AvgIpc) is 2.85. The van der Waals surface area contributed by atoms with Gasteiger partial charge in [0.2, 0.25) is 0 Å². The SMILES string of the molecule is CC(C)(C)OC(=O)N1CCC[C@H]1C1CCC(C(F)(F)F)CC1. The van der Waals surface area contributed by atoms with Crippen LogP contribution in [0.2, 0.25) is 0 Å². The van der Waals surface area contributed by atoms with Gasteiger partial charge in [0.15, 0.2) is 0 Å². The Morgan fingerprint density at radius 2 is 1.64 bits per heavy atom. The Morgan fingerprint density at radius 3 is 2.14 bits per heavy atom. The fourth-order valence-electron chi connectivity index (χ4n) is 3.66. The molecule has 2 aliphatic rings. The van der Waals surface area contributed by atoms with E-state index in [9.17, 15) is 18.0 Å². The van der Waals surface area contributed by atoms with Gasteiger partial charge in [0.1, 0.15) is 5.60 Å². The molecule has 1 saturated heterocycles. The van der Waals surface area contributed by atoms with Crippen molar-refractivity contribution < 1.29 is 22.7 Å². The van der Waals surface area contributed by atoms with Crippen LogP contribution in [0.4, 0.5) is 18.0 Å². The summed E-state index contributed by atoms with van der Waals surface area (Å²) in [5.74, 6) is -0.992. The summed E-state index contributed by atoms with van der Waals surface area (Å²) in [5.41, 5.74) is -0.543. The van der Waals surface area contributed by atoms with Gasteiger partial charge in [-0.15, -0.1) is 0 Å². The molecule has 1 aliphatic heterocycles. The highest BCUT2D eigenvalue weighted by Crippen LogP contribution is 2.42. The third kappa shape index (κ3) is 4.29. The van der Waals surface area contributed by atoms with Crippen molar-refractivity contribution in [1.29, 1.82) is 0 Å². The van der Waals surface area contributed by atoms with E-state index < -0.39 is 17.7 Å². The lowest BCUT2D eigenvalue weighted by molar-refractivity contribution is -0.184. The third-order valence-corrected chi connectivity index (χ3v) is 4.71. The number of nitrogens with zero attached hydrogens (tertiary/aromatic N) is 1. The quantitative estimate of drug-likeness (QED) is 0.697. The number of likely N-dealkylation sites (tertiary alicyclic amines) is 1. The van der Waals surface area contributed by atoms with Gasteiger partial charge < -0.3 is 9.64 Å². The second-order valence-corrected chi connectivity index (χ2v) is 7.54. The van der Waals surface area contributed by atoms with Crippen LogP contribution in [-0.4, -0.2) is 35.4 Å². The van der Waals surface area contributed by atoms with Gasteiger partial charge in [-0.05, 0) is 65.2 Å². The highest BCUT2D eigenvalue weighted by atomic mass is 19.4. The van der Waals surface area contributed by atoms with Crippen LogP contribution in [-0.2, 0) is 4.74 Å². The number of carbonyl (C=O) groups is 1.